The van der Waals surface area contributed by atoms with Gasteiger partial charge in [-0.3, -0.25) is 9.59 Å². The van der Waals surface area contributed by atoms with Gasteiger partial charge in [-0.15, -0.1) is 0 Å². The lowest BCUT2D eigenvalue weighted by Crippen LogP contribution is -2.30. The molecule has 0 spiro atoms. The number of pyridine rings is 1. The van der Waals surface area contributed by atoms with Crippen LogP contribution in [0.2, 0.25) is 5.02 Å². The number of hydrogen-bond acceptors (Lipinski definition) is 4. The van der Waals surface area contributed by atoms with Crippen molar-refractivity contribution < 1.29 is 14.7 Å². The molecule has 1 unspecified atom stereocenters. The second-order valence-electron chi connectivity index (χ2n) is 5.11. The van der Waals surface area contributed by atoms with Crippen molar-refractivity contribution in [3.63, 3.8) is 0 Å². The molecule has 126 valence electrons. The fourth-order valence-corrected chi connectivity index (χ4v) is 2.93. The SMILES string of the molecule is O=C(O)CC(CNC(=O)CSc1ccccn1)c1ccc(Cl)cc1. The Bertz CT molecular complexity index is 680. The Kier molecular flexibility index (Phi) is 7.08. The lowest BCUT2D eigenvalue weighted by atomic mass is 9.96. The molecule has 1 heterocycles. The zero-order valence-electron chi connectivity index (χ0n) is 12.8. The topological polar surface area (TPSA) is 79.3 Å². The number of nitrogens with one attached hydrogen (secondary N) is 1. The molecule has 1 aromatic heterocycles. The van der Waals surface area contributed by atoms with Crippen molar-refractivity contribution in [1.29, 1.82) is 0 Å². The highest BCUT2D eigenvalue weighted by atomic mass is 35.5. The summed E-state index contributed by atoms with van der Waals surface area (Å²) in [5, 5.41) is 13.2. The van der Waals surface area contributed by atoms with E-state index >= 15 is 0 Å². The molecule has 0 radical (unpaired) electrons. The predicted octanol–water partition coefficient (Wildman–Crippen LogP) is 3.20. The van der Waals surface area contributed by atoms with Crippen LogP contribution in [0.4, 0.5) is 0 Å². The summed E-state index contributed by atoms with van der Waals surface area (Å²) >= 11 is 7.19. The van der Waals surface area contributed by atoms with E-state index in [9.17, 15) is 9.59 Å². The van der Waals surface area contributed by atoms with Crippen molar-refractivity contribution in [3.8, 4) is 0 Å². The number of rotatable bonds is 8. The van der Waals surface area contributed by atoms with E-state index in [-0.39, 0.29) is 30.5 Å². The van der Waals surface area contributed by atoms with Crippen LogP contribution in [0.5, 0.6) is 0 Å². The highest BCUT2D eigenvalue weighted by Gasteiger charge is 2.17. The molecule has 0 fully saturated rings. The number of aliphatic carboxylic acids is 1. The van der Waals surface area contributed by atoms with E-state index in [1.165, 1.54) is 11.8 Å². The first-order chi connectivity index (χ1) is 11.5. The minimum atomic E-state index is -0.910. The summed E-state index contributed by atoms with van der Waals surface area (Å²) in [5.74, 6) is -1.14. The van der Waals surface area contributed by atoms with Crippen molar-refractivity contribution in [2.24, 2.45) is 0 Å². The van der Waals surface area contributed by atoms with Gasteiger partial charge < -0.3 is 10.4 Å². The first-order valence-corrected chi connectivity index (χ1v) is 8.68. The number of halogens is 1. The number of nitrogens with zero attached hydrogens (tertiary/aromatic N) is 1. The van der Waals surface area contributed by atoms with Crippen LogP contribution in [-0.2, 0) is 9.59 Å². The van der Waals surface area contributed by atoms with Gasteiger partial charge in [-0.05, 0) is 29.8 Å². The molecule has 0 saturated heterocycles. The lowest BCUT2D eigenvalue weighted by Gasteiger charge is -2.16. The van der Waals surface area contributed by atoms with Gasteiger partial charge in [0.25, 0.3) is 0 Å². The molecular weight excluding hydrogens is 348 g/mol. The number of benzene rings is 1. The number of thioether (sulfide) groups is 1. The maximum atomic E-state index is 12.0. The molecule has 0 aliphatic heterocycles. The van der Waals surface area contributed by atoms with E-state index < -0.39 is 5.97 Å². The van der Waals surface area contributed by atoms with Crippen LogP contribution in [0.1, 0.15) is 17.9 Å². The standard InChI is InChI=1S/C17H17ClN2O3S/c18-14-6-4-12(5-7-14)13(9-17(22)23)10-20-15(21)11-24-16-3-1-2-8-19-16/h1-8,13H,9-11H2,(H,20,21)(H,22,23). The molecular formula is C17H17ClN2O3S. The van der Waals surface area contributed by atoms with E-state index in [0.717, 1.165) is 10.6 Å². The Labute approximate surface area is 149 Å². The average molecular weight is 365 g/mol. The summed E-state index contributed by atoms with van der Waals surface area (Å²) in [7, 11) is 0. The van der Waals surface area contributed by atoms with Crippen molar-refractivity contribution in [1.82, 2.24) is 10.3 Å². The fourth-order valence-electron chi connectivity index (χ4n) is 2.11. The van der Waals surface area contributed by atoms with Gasteiger partial charge in [-0.25, -0.2) is 4.98 Å². The van der Waals surface area contributed by atoms with E-state index in [1.54, 1.807) is 30.5 Å². The van der Waals surface area contributed by atoms with E-state index in [0.29, 0.717) is 5.02 Å². The molecule has 0 aliphatic rings. The summed E-state index contributed by atoms with van der Waals surface area (Å²) in [6.07, 6.45) is 1.61. The monoisotopic (exact) mass is 364 g/mol. The van der Waals surface area contributed by atoms with Crippen LogP contribution >= 0.6 is 23.4 Å². The van der Waals surface area contributed by atoms with Crippen LogP contribution in [-0.4, -0.2) is 34.3 Å². The third kappa shape index (κ3) is 6.22. The molecule has 5 nitrogen and oxygen atoms in total. The number of carbonyl (C=O) groups excluding carboxylic acids is 1. The predicted molar refractivity (Wildman–Crippen MR) is 94.4 cm³/mol. The largest absolute Gasteiger partial charge is 0.481 e. The highest BCUT2D eigenvalue weighted by Crippen LogP contribution is 2.21. The molecule has 1 atom stereocenters. The molecule has 2 aromatic rings. The Morgan fingerprint density at radius 1 is 1.21 bits per heavy atom. The van der Waals surface area contributed by atoms with Crippen LogP contribution in [0.15, 0.2) is 53.7 Å². The summed E-state index contributed by atoms with van der Waals surface area (Å²) < 4.78 is 0. The normalized spacial score (nSPS) is 11.7. The van der Waals surface area contributed by atoms with Crippen LogP contribution < -0.4 is 5.32 Å². The number of aromatic nitrogens is 1. The fraction of sp³-hybridized carbons (Fsp3) is 0.235. The minimum Gasteiger partial charge on any atom is -0.481 e. The maximum absolute atomic E-state index is 12.0. The third-order valence-electron chi connectivity index (χ3n) is 3.30. The van der Waals surface area contributed by atoms with Gasteiger partial charge in [0, 0.05) is 23.7 Å². The Hall–Kier alpha value is -2.05. The van der Waals surface area contributed by atoms with Gasteiger partial charge in [0.15, 0.2) is 0 Å². The van der Waals surface area contributed by atoms with Crippen LogP contribution in [0, 0.1) is 0 Å². The van der Waals surface area contributed by atoms with E-state index in [4.69, 9.17) is 16.7 Å². The van der Waals surface area contributed by atoms with E-state index in [2.05, 4.69) is 10.3 Å². The van der Waals surface area contributed by atoms with Gasteiger partial charge in [-0.2, -0.15) is 0 Å². The zero-order valence-corrected chi connectivity index (χ0v) is 14.4. The first kappa shape index (κ1) is 18.3. The Morgan fingerprint density at radius 3 is 2.58 bits per heavy atom. The van der Waals surface area contributed by atoms with Gasteiger partial charge in [0.1, 0.15) is 0 Å². The molecule has 2 N–H and O–H groups in total. The zero-order chi connectivity index (χ0) is 17.4. The quantitative estimate of drug-likeness (QED) is 0.703. The summed E-state index contributed by atoms with van der Waals surface area (Å²) in [6.45, 7) is 0.259. The van der Waals surface area contributed by atoms with Gasteiger partial charge in [-0.1, -0.05) is 41.6 Å². The second-order valence-corrected chi connectivity index (χ2v) is 6.54. The van der Waals surface area contributed by atoms with Crippen LogP contribution in [0.3, 0.4) is 0 Å². The second kappa shape index (κ2) is 9.30. The highest BCUT2D eigenvalue weighted by molar-refractivity contribution is 7.99. The summed E-state index contributed by atoms with van der Waals surface area (Å²) in [5.41, 5.74) is 0.833. The summed E-state index contributed by atoms with van der Waals surface area (Å²) in [6, 6.07) is 12.5. The average Bonchev–Trinajstić information content (AvgIpc) is 2.58. The Morgan fingerprint density at radius 2 is 1.96 bits per heavy atom. The van der Waals surface area contributed by atoms with Crippen molar-refractivity contribution in [3.05, 3.63) is 59.2 Å². The number of carbonyl (C=O) groups is 2. The molecule has 7 heteroatoms. The molecule has 1 amide bonds. The first-order valence-electron chi connectivity index (χ1n) is 7.32. The number of amides is 1. The van der Waals surface area contributed by atoms with Crippen LogP contribution in [0.25, 0.3) is 0 Å². The van der Waals surface area contributed by atoms with E-state index in [1.807, 2.05) is 18.2 Å². The molecule has 1 aromatic carbocycles. The molecule has 0 bridgehead atoms. The van der Waals surface area contributed by atoms with Crippen molar-refractivity contribution in [2.45, 2.75) is 17.4 Å². The van der Waals surface area contributed by atoms with Crippen molar-refractivity contribution >= 4 is 35.2 Å². The molecule has 0 aliphatic carbocycles. The number of carboxylic acids is 1. The third-order valence-corrected chi connectivity index (χ3v) is 4.49. The van der Waals surface area contributed by atoms with Gasteiger partial charge in [0.05, 0.1) is 17.2 Å². The number of carboxylic acid groups (broad SMARTS) is 1. The van der Waals surface area contributed by atoms with Crippen molar-refractivity contribution in [2.75, 3.05) is 12.3 Å². The molecule has 2 rings (SSSR count). The summed E-state index contributed by atoms with van der Waals surface area (Å²) in [4.78, 5) is 27.2. The number of hydrogen-bond donors (Lipinski definition) is 2. The molecule has 24 heavy (non-hydrogen) atoms. The Balaban J connectivity index is 1.88. The maximum Gasteiger partial charge on any atom is 0.304 e. The van der Waals surface area contributed by atoms with Gasteiger partial charge in [0.2, 0.25) is 5.91 Å². The minimum absolute atomic E-state index is 0.0602. The smallest absolute Gasteiger partial charge is 0.304 e. The lowest BCUT2D eigenvalue weighted by molar-refractivity contribution is -0.137. The van der Waals surface area contributed by atoms with Gasteiger partial charge >= 0.3 is 5.97 Å². The molecule has 0 saturated carbocycles.